The van der Waals surface area contributed by atoms with Crippen LogP contribution in [0.25, 0.3) is 16.8 Å². The molecular formula is C37H31N3O5S. The third-order valence-corrected chi connectivity index (χ3v) is 8.42. The fourth-order valence-electron chi connectivity index (χ4n) is 4.76. The fraction of sp³-hybridized carbons (Fsp3) is 0.0811. The molecule has 8 nitrogen and oxygen atoms in total. The largest absolute Gasteiger partial charge is 0.478 e. The van der Waals surface area contributed by atoms with E-state index >= 15 is 0 Å². The van der Waals surface area contributed by atoms with Gasteiger partial charge in [-0.3, -0.25) is 14.4 Å². The van der Waals surface area contributed by atoms with Crippen molar-refractivity contribution >= 4 is 63.7 Å². The molecule has 46 heavy (non-hydrogen) atoms. The molecule has 5 rings (SSSR count). The number of hydrogen-bond donors (Lipinski definition) is 4. The lowest BCUT2D eigenvalue weighted by atomic mass is 10.0. The zero-order valence-corrected chi connectivity index (χ0v) is 25.7. The molecule has 0 aromatic heterocycles. The quantitative estimate of drug-likeness (QED) is 0.0888. The minimum absolute atomic E-state index is 0.0673. The predicted molar refractivity (Wildman–Crippen MR) is 183 cm³/mol. The van der Waals surface area contributed by atoms with E-state index in [0.29, 0.717) is 23.4 Å². The minimum Gasteiger partial charge on any atom is -0.478 e. The SMILES string of the molecule is CCC(Sc1cccc(NC(=O)/C(=C\c2cccc3ccccc23)NC(=O)c2ccccc2)c1)C(=O)Nc1cccc(C(=O)O)c1. The number of thioether (sulfide) groups is 1. The standard InChI is InChI=1S/C37H31N3O5S/c1-2-33(36(43)39-28-17-9-16-27(21-28)37(44)45)46-30-19-10-18-29(23-30)38-35(42)32(40-34(41)25-12-4-3-5-13-25)22-26-15-8-14-24-11-6-7-20-31(24)26/h3-23,33H,2H2,1H3,(H,38,42)(H,39,43)(H,40,41)(H,44,45)/b32-22+. The molecule has 0 heterocycles. The Hall–Kier alpha value is -5.67. The van der Waals surface area contributed by atoms with E-state index in [0.717, 1.165) is 21.2 Å². The summed E-state index contributed by atoms with van der Waals surface area (Å²) < 4.78 is 0. The first-order chi connectivity index (χ1) is 22.3. The Morgan fingerprint density at radius 2 is 1.39 bits per heavy atom. The van der Waals surface area contributed by atoms with Gasteiger partial charge in [0.2, 0.25) is 5.91 Å². The maximum absolute atomic E-state index is 13.7. The fourth-order valence-corrected chi connectivity index (χ4v) is 5.77. The molecular weight excluding hydrogens is 598 g/mol. The zero-order chi connectivity index (χ0) is 32.5. The van der Waals surface area contributed by atoms with Crippen LogP contribution in [0, 0.1) is 0 Å². The van der Waals surface area contributed by atoms with Crippen molar-refractivity contribution in [2.75, 3.05) is 10.6 Å². The number of rotatable bonds is 11. The van der Waals surface area contributed by atoms with Crippen molar-refractivity contribution in [2.24, 2.45) is 0 Å². The lowest BCUT2D eigenvalue weighted by Gasteiger charge is -2.16. The summed E-state index contributed by atoms with van der Waals surface area (Å²) in [6.07, 6.45) is 2.17. The molecule has 3 amide bonds. The second-order valence-electron chi connectivity index (χ2n) is 10.3. The van der Waals surface area contributed by atoms with Gasteiger partial charge in [0.15, 0.2) is 0 Å². The van der Waals surface area contributed by atoms with Gasteiger partial charge in [-0.05, 0) is 77.4 Å². The van der Waals surface area contributed by atoms with Crippen LogP contribution in [0.2, 0.25) is 0 Å². The summed E-state index contributed by atoms with van der Waals surface area (Å²) in [7, 11) is 0. The highest BCUT2D eigenvalue weighted by Crippen LogP contribution is 2.29. The number of fused-ring (bicyclic) bond motifs is 1. The molecule has 1 unspecified atom stereocenters. The van der Waals surface area contributed by atoms with Crippen LogP contribution in [0.4, 0.5) is 11.4 Å². The van der Waals surface area contributed by atoms with Gasteiger partial charge >= 0.3 is 5.97 Å². The molecule has 0 aliphatic rings. The molecule has 1 atom stereocenters. The number of amides is 3. The summed E-state index contributed by atoms with van der Waals surface area (Å²) in [6.45, 7) is 1.89. The van der Waals surface area contributed by atoms with E-state index < -0.39 is 23.0 Å². The van der Waals surface area contributed by atoms with Gasteiger partial charge in [-0.25, -0.2) is 4.79 Å². The summed E-state index contributed by atoms with van der Waals surface area (Å²) in [6, 6.07) is 35.4. The third-order valence-electron chi connectivity index (χ3n) is 7.06. The van der Waals surface area contributed by atoms with Crippen molar-refractivity contribution in [3.8, 4) is 0 Å². The van der Waals surface area contributed by atoms with E-state index in [1.54, 1.807) is 60.7 Å². The Morgan fingerprint density at radius 1 is 0.739 bits per heavy atom. The van der Waals surface area contributed by atoms with Gasteiger partial charge in [-0.2, -0.15) is 0 Å². The number of nitrogens with one attached hydrogen (secondary N) is 3. The molecule has 0 bridgehead atoms. The lowest BCUT2D eigenvalue weighted by Crippen LogP contribution is -2.30. The Labute approximate surface area is 270 Å². The Morgan fingerprint density at radius 3 is 2.15 bits per heavy atom. The first kappa shape index (κ1) is 31.7. The van der Waals surface area contributed by atoms with Gasteiger partial charge in [0.25, 0.3) is 11.8 Å². The van der Waals surface area contributed by atoms with Crippen molar-refractivity contribution in [2.45, 2.75) is 23.5 Å². The minimum atomic E-state index is -1.08. The van der Waals surface area contributed by atoms with Gasteiger partial charge in [-0.15, -0.1) is 11.8 Å². The number of carboxylic acid groups (broad SMARTS) is 1. The van der Waals surface area contributed by atoms with Crippen molar-refractivity contribution in [1.29, 1.82) is 0 Å². The van der Waals surface area contributed by atoms with E-state index in [1.165, 1.54) is 23.9 Å². The summed E-state index contributed by atoms with van der Waals surface area (Å²) in [5.41, 5.74) is 2.21. The molecule has 0 saturated carbocycles. The monoisotopic (exact) mass is 629 g/mol. The van der Waals surface area contributed by atoms with E-state index in [-0.39, 0.29) is 17.2 Å². The lowest BCUT2D eigenvalue weighted by molar-refractivity contribution is -0.116. The summed E-state index contributed by atoms with van der Waals surface area (Å²) >= 11 is 1.32. The number of carboxylic acids is 1. The van der Waals surface area contributed by atoms with Crippen LogP contribution >= 0.6 is 11.8 Å². The van der Waals surface area contributed by atoms with Crippen molar-refractivity contribution in [3.05, 3.63) is 144 Å². The molecule has 0 spiro atoms. The molecule has 230 valence electrons. The topological polar surface area (TPSA) is 125 Å². The van der Waals surface area contributed by atoms with Gasteiger partial charge < -0.3 is 21.1 Å². The molecule has 0 saturated heterocycles. The van der Waals surface area contributed by atoms with Crippen LogP contribution in [0.5, 0.6) is 0 Å². The normalized spacial score (nSPS) is 11.8. The van der Waals surface area contributed by atoms with Crippen LogP contribution in [0.1, 0.15) is 39.6 Å². The number of benzene rings is 5. The van der Waals surface area contributed by atoms with E-state index in [2.05, 4.69) is 16.0 Å². The smallest absolute Gasteiger partial charge is 0.335 e. The second kappa shape index (κ2) is 14.9. The van der Waals surface area contributed by atoms with Crippen molar-refractivity contribution in [1.82, 2.24) is 5.32 Å². The number of anilines is 2. The molecule has 5 aromatic carbocycles. The maximum Gasteiger partial charge on any atom is 0.335 e. The van der Waals surface area contributed by atoms with Gasteiger partial charge in [-0.1, -0.05) is 79.7 Å². The van der Waals surface area contributed by atoms with Crippen molar-refractivity contribution in [3.63, 3.8) is 0 Å². The Balaban J connectivity index is 1.35. The second-order valence-corrected chi connectivity index (χ2v) is 11.6. The molecule has 5 aromatic rings. The average molecular weight is 630 g/mol. The average Bonchev–Trinajstić information content (AvgIpc) is 3.07. The first-order valence-electron chi connectivity index (χ1n) is 14.6. The predicted octanol–water partition coefficient (Wildman–Crippen LogP) is 7.46. The molecule has 9 heteroatoms. The molecule has 0 aliphatic heterocycles. The van der Waals surface area contributed by atoms with Crippen LogP contribution < -0.4 is 16.0 Å². The van der Waals surface area contributed by atoms with Crippen LogP contribution in [-0.2, 0) is 9.59 Å². The number of hydrogen-bond acceptors (Lipinski definition) is 5. The summed E-state index contributed by atoms with van der Waals surface area (Å²) in [5.74, 6) is -2.28. The van der Waals surface area contributed by atoms with E-state index in [9.17, 15) is 24.3 Å². The third kappa shape index (κ3) is 8.08. The first-order valence-corrected chi connectivity index (χ1v) is 15.5. The molecule has 0 radical (unpaired) electrons. The Bertz CT molecular complexity index is 1940. The highest BCUT2D eigenvalue weighted by atomic mass is 32.2. The van der Waals surface area contributed by atoms with Crippen LogP contribution in [0.15, 0.2) is 132 Å². The summed E-state index contributed by atoms with van der Waals surface area (Å²) in [4.78, 5) is 51.9. The van der Waals surface area contributed by atoms with Gasteiger partial charge in [0.1, 0.15) is 5.70 Å². The Kier molecular flexibility index (Phi) is 10.3. The van der Waals surface area contributed by atoms with Crippen LogP contribution in [0.3, 0.4) is 0 Å². The van der Waals surface area contributed by atoms with E-state index in [4.69, 9.17) is 0 Å². The molecule has 0 aliphatic carbocycles. The van der Waals surface area contributed by atoms with E-state index in [1.807, 2.05) is 61.5 Å². The number of carbonyl (C=O) groups excluding carboxylic acids is 3. The van der Waals surface area contributed by atoms with Crippen LogP contribution in [-0.4, -0.2) is 34.0 Å². The van der Waals surface area contributed by atoms with Gasteiger partial charge in [0.05, 0.1) is 10.8 Å². The highest BCUT2D eigenvalue weighted by molar-refractivity contribution is 8.00. The highest BCUT2D eigenvalue weighted by Gasteiger charge is 2.20. The zero-order valence-electron chi connectivity index (χ0n) is 24.9. The number of aromatic carboxylic acids is 1. The molecule has 4 N–H and O–H groups in total. The maximum atomic E-state index is 13.7. The number of carbonyl (C=O) groups is 4. The summed E-state index contributed by atoms with van der Waals surface area (Å²) in [5, 5.41) is 19.2. The van der Waals surface area contributed by atoms with Crippen molar-refractivity contribution < 1.29 is 24.3 Å². The molecule has 0 fully saturated rings. The van der Waals surface area contributed by atoms with Gasteiger partial charge in [0, 0.05) is 21.8 Å².